The summed E-state index contributed by atoms with van der Waals surface area (Å²) in [6.07, 6.45) is 0.667. The van der Waals surface area contributed by atoms with Gasteiger partial charge < -0.3 is 9.52 Å². The van der Waals surface area contributed by atoms with E-state index in [-0.39, 0.29) is 17.6 Å². The summed E-state index contributed by atoms with van der Waals surface area (Å²) >= 11 is 0. The molecule has 0 unspecified atom stereocenters. The van der Waals surface area contributed by atoms with Crippen molar-refractivity contribution in [3.05, 3.63) is 40.7 Å². The Kier molecular flexibility index (Phi) is 3.03. The lowest BCUT2D eigenvalue weighted by Gasteiger charge is -2.11. The Bertz CT molecular complexity index is 344. The fourth-order valence-corrected chi connectivity index (χ4v) is 0.987. The van der Waals surface area contributed by atoms with E-state index in [4.69, 9.17) is 4.42 Å². The highest BCUT2D eigenvalue weighted by Gasteiger charge is 2.20. The van der Waals surface area contributed by atoms with Crippen LogP contribution in [0.25, 0.3) is 0 Å². The van der Waals surface area contributed by atoms with Crippen LogP contribution in [0, 0.1) is 16.0 Å². The molecule has 1 N–H and O–H groups in total. The standard InChI is InChI=1S/C9H11NO4/c1-3-6(2)9(11)7-4-5-8(14-7)10(12)13/h3-6,9,11H,1H2,2H3/t6-,9-/m1/s1. The summed E-state index contributed by atoms with van der Waals surface area (Å²) in [6.45, 7) is 5.26. The Morgan fingerprint density at radius 1 is 1.71 bits per heavy atom. The second-order valence-corrected chi connectivity index (χ2v) is 2.97. The molecule has 0 spiro atoms. The van der Waals surface area contributed by atoms with Crippen molar-refractivity contribution in [2.75, 3.05) is 0 Å². The van der Waals surface area contributed by atoms with Crippen molar-refractivity contribution < 1.29 is 14.4 Å². The fourth-order valence-electron chi connectivity index (χ4n) is 0.987. The third kappa shape index (κ3) is 2.00. The molecule has 5 heteroatoms. The molecule has 2 atom stereocenters. The Morgan fingerprint density at radius 2 is 2.36 bits per heavy atom. The van der Waals surface area contributed by atoms with E-state index in [1.54, 1.807) is 13.0 Å². The molecular weight excluding hydrogens is 186 g/mol. The van der Waals surface area contributed by atoms with Crippen LogP contribution in [-0.2, 0) is 0 Å². The molecule has 0 aromatic carbocycles. The average molecular weight is 197 g/mol. The molecule has 0 fully saturated rings. The Hall–Kier alpha value is -1.62. The van der Waals surface area contributed by atoms with Crippen LogP contribution in [0.1, 0.15) is 18.8 Å². The van der Waals surface area contributed by atoms with Gasteiger partial charge in [0.2, 0.25) is 0 Å². The van der Waals surface area contributed by atoms with Gasteiger partial charge in [0.05, 0.1) is 6.07 Å². The number of aliphatic hydroxyl groups excluding tert-OH is 1. The molecule has 14 heavy (non-hydrogen) atoms. The molecule has 0 bridgehead atoms. The number of nitrogens with zero attached hydrogens (tertiary/aromatic N) is 1. The summed E-state index contributed by atoms with van der Waals surface area (Å²) in [4.78, 5) is 9.64. The summed E-state index contributed by atoms with van der Waals surface area (Å²) in [5.74, 6) is -0.389. The molecule has 0 amide bonds. The van der Waals surface area contributed by atoms with E-state index < -0.39 is 11.0 Å². The van der Waals surface area contributed by atoms with Crippen molar-refractivity contribution in [1.82, 2.24) is 0 Å². The number of aliphatic hydroxyl groups is 1. The van der Waals surface area contributed by atoms with Crippen molar-refractivity contribution in [2.45, 2.75) is 13.0 Å². The lowest BCUT2D eigenvalue weighted by atomic mass is 10.0. The lowest BCUT2D eigenvalue weighted by Crippen LogP contribution is -2.04. The Morgan fingerprint density at radius 3 is 2.79 bits per heavy atom. The van der Waals surface area contributed by atoms with E-state index in [1.165, 1.54) is 12.1 Å². The molecule has 1 rings (SSSR count). The third-order valence-electron chi connectivity index (χ3n) is 1.95. The van der Waals surface area contributed by atoms with E-state index in [0.717, 1.165) is 0 Å². The van der Waals surface area contributed by atoms with Gasteiger partial charge in [-0.1, -0.05) is 13.0 Å². The maximum atomic E-state index is 10.3. The smallest absolute Gasteiger partial charge is 0.403 e. The second-order valence-electron chi connectivity index (χ2n) is 2.97. The minimum Gasteiger partial charge on any atom is -0.403 e. The number of furan rings is 1. The average Bonchev–Trinajstić information content (AvgIpc) is 2.64. The molecule has 0 saturated heterocycles. The normalized spacial score (nSPS) is 14.7. The van der Waals surface area contributed by atoms with Crippen molar-refractivity contribution in [2.24, 2.45) is 5.92 Å². The first kappa shape index (κ1) is 10.5. The zero-order valence-corrected chi connectivity index (χ0v) is 7.71. The molecule has 0 aliphatic heterocycles. The largest absolute Gasteiger partial charge is 0.433 e. The molecule has 0 aliphatic carbocycles. The van der Waals surface area contributed by atoms with Gasteiger partial charge in [0.1, 0.15) is 16.8 Å². The molecular formula is C9H11NO4. The first-order valence-electron chi connectivity index (χ1n) is 4.11. The first-order valence-corrected chi connectivity index (χ1v) is 4.11. The van der Waals surface area contributed by atoms with Crippen molar-refractivity contribution in [1.29, 1.82) is 0 Å². The van der Waals surface area contributed by atoms with Crippen LogP contribution < -0.4 is 0 Å². The highest BCUT2D eigenvalue weighted by Crippen LogP contribution is 2.26. The monoisotopic (exact) mass is 197 g/mol. The summed E-state index contributed by atoms with van der Waals surface area (Å²) in [5, 5.41) is 19.9. The van der Waals surface area contributed by atoms with Crippen molar-refractivity contribution >= 4 is 5.88 Å². The van der Waals surface area contributed by atoms with Gasteiger partial charge in [0, 0.05) is 5.92 Å². The SMILES string of the molecule is C=C[C@@H](C)[C@@H](O)c1ccc([N+](=O)[O-])o1. The van der Waals surface area contributed by atoms with E-state index >= 15 is 0 Å². The summed E-state index contributed by atoms with van der Waals surface area (Å²) < 4.78 is 4.83. The van der Waals surface area contributed by atoms with Gasteiger partial charge in [-0.05, 0) is 6.07 Å². The number of hydrogen-bond donors (Lipinski definition) is 1. The maximum Gasteiger partial charge on any atom is 0.433 e. The van der Waals surface area contributed by atoms with Gasteiger partial charge in [0.15, 0.2) is 0 Å². The van der Waals surface area contributed by atoms with Crippen LogP contribution in [0.15, 0.2) is 29.2 Å². The Labute approximate surface area is 80.8 Å². The zero-order chi connectivity index (χ0) is 10.7. The van der Waals surface area contributed by atoms with Gasteiger partial charge >= 0.3 is 5.88 Å². The maximum absolute atomic E-state index is 10.3. The van der Waals surface area contributed by atoms with Crippen LogP contribution in [0.5, 0.6) is 0 Å². The highest BCUT2D eigenvalue weighted by molar-refractivity contribution is 5.19. The summed E-state index contributed by atoms with van der Waals surface area (Å²) in [6, 6.07) is 2.61. The van der Waals surface area contributed by atoms with Gasteiger partial charge in [0.25, 0.3) is 0 Å². The van der Waals surface area contributed by atoms with E-state index in [1.807, 2.05) is 0 Å². The molecule has 0 saturated carbocycles. The molecule has 5 nitrogen and oxygen atoms in total. The number of rotatable bonds is 4. The van der Waals surface area contributed by atoms with Crippen LogP contribution in [0.3, 0.4) is 0 Å². The van der Waals surface area contributed by atoms with E-state index in [2.05, 4.69) is 6.58 Å². The van der Waals surface area contributed by atoms with Gasteiger partial charge in [-0.15, -0.1) is 6.58 Å². The third-order valence-corrected chi connectivity index (χ3v) is 1.95. The predicted octanol–water partition coefficient (Wildman–Crippen LogP) is 2.04. The minimum absolute atomic E-state index is 0.184. The molecule has 1 aromatic rings. The lowest BCUT2D eigenvalue weighted by molar-refractivity contribution is -0.402. The first-order chi connectivity index (χ1) is 6.56. The fraction of sp³-hybridized carbons (Fsp3) is 0.333. The minimum atomic E-state index is -0.888. The molecule has 1 aromatic heterocycles. The van der Waals surface area contributed by atoms with Crippen molar-refractivity contribution in [3.63, 3.8) is 0 Å². The van der Waals surface area contributed by atoms with Gasteiger partial charge in [-0.25, -0.2) is 0 Å². The van der Waals surface area contributed by atoms with Gasteiger partial charge in [-0.3, -0.25) is 10.1 Å². The van der Waals surface area contributed by atoms with Crippen LogP contribution in [0.4, 0.5) is 5.88 Å². The molecule has 76 valence electrons. The summed E-state index contributed by atoms with van der Waals surface area (Å²) in [5.41, 5.74) is 0. The van der Waals surface area contributed by atoms with Crippen LogP contribution in [0.2, 0.25) is 0 Å². The van der Waals surface area contributed by atoms with E-state index in [9.17, 15) is 15.2 Å². The summed E-state index contributed by atoms with van der Waals surface area (Å²) in [7, 11) is 0. The predicted molar refractivity (Wildman–Crippen MR) is 49.7 cm³/mol. The number of nitro groups is 1. The Balaban J connectivity index is 2.86. The molecule has 1 heterocycles. The topological polar surface area (TPSA) is 76.5 Å². The second kappa shape index (κ2) is 4.06. The van der Waals surface area contributed by atoms with Crippen molar-refractivity contribution in [3.8, 4) is 0 Å². The zero-order valence-electron chi connectivity index (χ0n) is 7.71. The van der Waals surface area contributed by atoms with Crippen LogP contribution in [-0.4, -0.2) is 10.0 Å². The highest BCUT2D eigenvalue weighted by atomic mass is 16.6. The molecule has 0 aliphatic rings. The molecule has 0 radical (unpaired) electrons. The van der Waals surface area contributed by atoms with E-state index in [0.29, 0.717) is 0 Å². The van der Waals surface area contributed by atoms with Gasteiger partial charge in [-0.2, -0.15) is 0 Å². The van der Waals surface area contributed by atoms with Crippen LogP contribution >= 0.6 is 0 Å². The quantitative estimate of drug-likeness (QED) is 0.455. The number of hydrogen-bond acceptors (Lipinski definition) is 4.